The summed E-state index contributed by atoms with van der Waals surface area (Å²) in [7, 11) is 0. The molecule has 0 atom stereocenters. The highest BCUT2D eigenvalue weighted by molar-refractivity contribution is 7.17. The van der Waals surface area contributed by atoms with Crippen LogP contribution in [0.3, 0.4) is 0 Å². The number of nitriles is 2. The topological polar surface area (TPSA) is 93.7 Å². The van der Waals surface area contributed by atoms with Crippen LogP contribution in [0.2, 0.25) is 0 Å². The molecule has 0 amide bonds. The van der Waals surface area contributed by atoms with Crippen molar-refractivity contribution in [2.75, 3.05) is 4.90 Å². The van der Waals surface area contributed by atoms with Gasteiger partial charge < -0.3 is 0 Å². The van der Waals surface area contributed by atoms with Crippen LogP contribution in [0.5, 0.6) is 0 Å². The molecular weight excluding hydrogens is 538 g/mol. The first kappa shape index (κ1) is 25.1. The number of rotatable bonds is 4. The number of carbonyl (C=O) groups is 1. The van der Waals surface area contributed by atoms with Crippen molar-refractivity contribution < 1.29 is 4.79 Å². The third kappa shape index (κ3) is 4.22. The van der Waals surface area contributed by atoms with Crippen LogP contribution in [0.1, 0.15) is 20.8 Å². The summed E-state index contributed by atoms with van der Waals surface area (Å²) < 4.78 is 0. The Morgan fingerprint density at radius 2 is 1.45 bits per heavy atom. The maximum atomic E-state index is 13.8. The zero-order valence-electron chi connectivity index (χ0n) is 22.0. The Morgan fingerprint density at radius 3 is 2.19 bits per heavy atom. The molecule has 4 aromatic carbocycles. The first-order valence-corrected chi connectivity index (χ1v) is 14.0. The molecular formula is C35H19N5OS. The molecule has 42 heavy (non-hydrogen) atoms. The van der Waals surface area contributed by atoms with Gasteiger partial charge in [-0.3, -0.25) is 9.69 Å². The van der Waals surface area contributed by atoms with Gasteiger partial charge in [0.1, 0.15) is 22.7 Å². The highest BCUT2D eigenvalue weighted by Crippen LogP contribution is 2.43. The summed E-state index contributed by atoms with van der Waals surface area (Å²) in [6.07, 6.45) is 3.58. The summed E-state index contributed by atoms with van der Waals surface area (Å²) in [5.41, 5.74) is 3.44. The van der Waals surface area contributed by atoms with Crippen molar-refractivity contribution >= 4 is 67.1 Å². The van der Waals surface area contributed by atoms with Crippen molar-refractivity contribution in [3.8, 4) is 12.1 Å². The van der Waals surface area contributed by atoms with E-state index in [-0.39, 0.29) is 11.4 Å². The van der Waals surface area contributed by atoms with E-state index < -0.39 is 0 Å². The minimum absolute atomic E-state index is 0.0871. The number of para-hydroxylation sites is 2. The number of aromatic nitrogens is 2. The van der Waals surface area contributed by atoms with Crippen LogP contribution >= 0.6 is 11.3 Å². The minimum Gasteiger partial charge on any atom is -0.289 e. The van der Waals surface area contributed by atoms with Crippen LogP contribution in [-0.4, -0.2) is 15.8 Å². The van der Waals surface area contributed by atoms with E-state index in [0.717, 1.165) is 37.2 Å². The predicted octanol–water partition coefficient (Wildman–Crippen LogP) is 8.39. The number of nitrogens with zero attached hydrogens (tertiary/aromatic N) is 5. The molecule has 0 bridgehead atoms. The van der Waals surface area contributed by atoms with Gasteiger partial charge in [0.25, 0.3) is 0 Å². The molecule has 1 aliphatic carbocycles. The molecule has 0 N–H and O–H groups in total. The molecule has 2 heterocycles. The summed E-state index contributed by atoms with van der Waals surface area (Å²) in [5.74, 6) is 0.315. The predicted molar refractivity (Wildman–Crippen MR) is 166 cm³/mol. The maximum absolute atomic E-state index is 13.8. The molecule has 7 rings (SSSR count). The lowest BCUT2D eigenvalue weighted by atomic mass is 9.97. The highest BCUT2D eigenvalue weighted by atomic mass is 32.1. The molecule has 0 spiro atoms. The average Bonchev–Trinajstić information content (AvgIpc) is 3.60. The fourth-order valence-electron chi connectivity index (χ4n) is 5.25. The van der Waals surface area contributed by atoms with Gasteiger partial charge in [0, 0.05) is 38.9 Å². The summed E-state index contributed by atoms with van der Waals surface area (Å²) in [6, 6.07) is 37.1. The lowest BCUT2D eigenvalue weighted by Crippen LogP contribution is -2.11. The summed E-state index contributed by atoms with van der Waals surface area (Å²) in [4.78, 5) is 26.0. The number of Topliss-reactive ketones (excluding diaryl/α,β-unsaturated/α-hetero) is 1. The van der Waals surface area contributed by atoms with Gasteiger partial charge in [0.15, 0.2) is 5.78 Å². The number of allylic oxidation sites excluding steroid dienone is 3. The molecule has 0 saturated carbocycles. The second-order valence-electron chi connectivity index (χ2n) is 9.68. The smallest absolute Gasteiger partial charge is 0.235 e. The van der Waals surface area contributed by atoms with Crippen molar-refractivity contribution in [2.45, 2.75) is 0 Å². The molecule has 2 aromatic heterocycles. The minimum atomic E-state index is -0.207. The number of fused-ring (bicyclic) bond motifs is 3. The first-order valence-electron chi connectivity index (χ1n) is 13.2. The Kier molecular flexibility index (Phi) is 6.13. The van der Waals surface area contributed by atoms with Gasteiger partial charge in [-0.05, 0) is 64.9 Å². The fraction of sp³-hybridized carbons (Fsp3) is 0. The van der Waals surface area contributed by atoms with Crippen LogP contribution in [0, 0.1) is 22.7 Å². The third-order valence-corrected chi connectivity index (χ3v) is 8.22. The lowest BCUT2D eigenvalue weighted by molar-refractivity contribution is 0.104. The van der Waals surface area contributed by atoms with Crippen LogP contribution < -0.4 is 4.90 Å². The van der Waals surface area contributed by atoms with E-state index in [1.807, 2.05) is 126 Å². The largest absolute Gasteiger partial charge is 0.289 e. The van der Waals surface area contributed by atoms with Gasteiger partial charge in [0.05, 0.1) is 5.52 Å². The number of benzene rings is 4. The van der Waals surface area contributed by atoms with Crippen molar-refractivity contribution in [1.29, 1.82) is 10.5 Å². The van der Waals surface area contributed by atoms with E-state index in [2.05, 4.69) is 4.98 Å². The molecule has 0 unspecified atom stereocenters. The Balaban J connectivity index is 1.36. The summed E-state index contributed by atoms with van der Waals surface area (Å²) in [5, 5.41) is 23.3. The molecule has 0 radical (unpaired) electrons. The van der Waals surface area contributed by atoms with Crippen LogP contribution in [0.4, 0.5) is 16.6 Å². The van der Waals surface area contributed by atoms with Crippen molar-refractivity contribution in [3.05, 3.63) is 136 Å². The first-order chi connectivity index (χ1) is 20.6. The Bertz CT molecular complexity index is 2180. The quantitative estimate of drug-likeness (QED) is 0.160. The Hall–Kier alpha value is -5.89. The van der Waals surface area contributed by atoms with Gasteiger partial charge in [0.2, 0.25) is 5.95 Å². The molecule has 6 nitrogen and oxygen atoms in total. The molecule has 196 valence electrons. The van der Waals surface area contributed by atoms with Gasteiger partial charge in [-0.2, -0.15) is 10.5 Å². The highest BCUT2D eigenvalue weighted by Gasteiger charge is 2.33. The van der Waals surface area contributed by atoms with E-state index in [1.54, 1.807) is 6.08 Å². The monoisotopic (exact) mass is 557 g/mol. The van der Waals surface area contributed by atoms with E-state index in [4.69, 9.17) is 4.98 Å². The fourth-order valence-corrected chi connectivity index (χ4v) is 6.22. The summed E-state index contributed by atoms with van der Waals surface area (Å²) in [6.45, 7) is 0. The number of ketones is 1. The maximum Gasteiger partial charge on any atom is 0.235 e. The number of carbonyl (C=O) groups excluding carboxylic acids is 1. The second kappa shape index (κ2) is 10.3. The SMILES string of the molecule is N#CC(C#N)=C1/C(=C\c2ccc(N(c3ccccc3)c3ncc4ccccc4n3)s2)C(=O)c2cc3ccccc3cc21. The van der Waals surface area contributed by atoms with Gasteiger partial charge >= 0.3 is 0 Å². The van der Waals surface area contributed by atoms with Crippen LogP contribution in [0.25, 0.3) is 33.3 Å². The van der Waals surface area contributed by atoms with Gasteiger partial charge in [-0.15, -0.1) is 11.3 Å². The molecule has 0 fully saturated rings. The Morgan fingerprint density at radius 1 is 0.786 bits per heavy atom. The number of hydrogen-bond acceptors (Lipinski definition) is 7. The van der Waals surface area contributed by atoms with E-state index >= 15 is 0 Å². The molecule has 6 aromatic rings. The number of anilines is 3. The van der Waals surface area contributed by atoms with Gasteiger partial charge in [-0.25, -0.2) is 9.97 Å². The lowest BCUT2D eigenvalue weighted by Gasteiger charge is -2.21. The molecule has 1 aliphatic rings. The van der Waals surface area contributed by atoms with Crippen LogP contribution in [0.15, 0.2) is 120 Å². The number of thiophene rings is 1. The normalized spacial score (nSPS) is 13.2. The zero-order valence-corrected chi connectivity index (χ0v) is 22.8. The van der Waals surface area contributed by atoms with E-state index in [1.165, 1.54) is 11.3 Å². The van der Waals surface area contributed by atoms with Crippen molar-refractivity contribution in [2.24, 2.45) is 0 Å². The van der Waals surface area contributed by atoms with Crippen molar-refractivity contribution in [3.63, 3.8) is 0 Å². The van der Waals surface area contributed by atoms with Gasteiger partial charge in [-0.1, -0.05) is 60.7 Å². The third-order valence-electron chi connectivity index (χ3n) is 7.20. The van der Waals surface area contributed by atoms with E-state index in [0.29, 0.717) is 28.2 Å². The van der Waals surface area contributed by atoms with E-state index in [9.17, 15) is 15.3 Å². The average molecular weight is 558 g/mol. The number of hydrogen-bond donors (Lipinski definition) is 0. The molecule has 7 heteroatoms. The Labute approximate surface area is 245 Å². The molecule has 0 aliphatic heterocycles. The summed E-state index contributed by atoms with van der Waals surface area (Å²) >= 11 is 1.46. The second-order valence-corrected chi connectivity index (χ2v) is 10.8. The zero-order chi connectivity index (χ0) is 28.6. The standard InChI is InChI=1S/C35H19N5OS/c36-19-25(20-37)33-28-16-22-8-4-5-9-23(22)17-29(28)34(41)30(33)18-27-14-15-32(42-27)40(26-11-2-1-3-12-26)35-38-21-24-10-6-7-13-31(24)39-35/h1-18,21H/b30-18+. The van der Waals surface area contributed by atoms with Crippen molar-refractivity contribution in [1.82, 2.24) is 9.97 Å². The van der Waals surface area contributed by atoms with Crippen LogP contribution in [-0.2, 0) is 0 Å². The molecule has 0 saturated heterocycles.